The molecular formula is C15H20N2O3. The van der Waals surface area contributed by atoms with Crippen LogP contribution in [0, 0.1) is 6.92 Å². The topological polar surface area (TPSA) is 69.6 Å². The fraction of sp³-hybridized carbons (Fsp3) is 0.467. The third-order valence-electron chi connectivity index (χ3n) is 3.61. The second-order valence-corrected chi connectivity index (χ2v) is 5.23. The van der Waals surface area contributed by atoms with Gasteiger partial charge in [-0.3, -0.25) is 4.79 Å². The number of carboxylic acids is 1. The summed E-state index contributed by atoms with van der Waals surface area (Å²) in [6.07, 6.45) is 1.66. The Labute approximate surface area is 118 Å². The number of hydrogen-bond donors (Lipinski definition) is 2. The highest BCUT2D eigenvalue weighted by Gasteiger charge is 2.30. The number of likely N-dealkylation sites (tertiary alicyclic amines) is 1. The van der Waals surface area contributed by atoms with Crippen molar-refractivity contribution in [3.05, 3.63) is 35.4 Å². The van der Waals surface area contributed by atoms with Crippen LogP contribution in [0.15, 0.2) is 24.3 Å². The van der Waals surface area contributed by atoms with Gasteiger partial charge in [-0.1, -0.05) is 29.8 Å². The van der Waals surface area contributed by atoms with Gasteiger partial charge in [-0.2, -0.15) is 0 Å². The number of carbonyl (C=O) groups excluding carboxylic acids is 1. The minimum absolute atomic E-state index is 0.0257. The van der Waals surface area contributed by atoms with Gasteiger partial charge in [0.05, 0.1) is 6.42 Å². The number of rotatable bonds is 4. The Morgan fingerprint density at radius 2 is 2.05 bits per heavy atom. The SMILES string of the molecule is Cc1ccc(CNC(=O)N2CCCC2CC(=O)O)cc1. The normalized spacial score (nSPS) is 18.1. The first-order valence-corrected chi connectivity index (χ1v) is 6.88. The summed E-state index contributed by atoms with van der Waals surface area (Å²) in [5.74, 6) is -0.853. The number of hydrogen-bond acceptors (Lipinski definition) is 2. The van der Waals surface area contributed by atoms with Crippen LogP contribution in [0.5, 0.6) is 0 Å². The maximum absolute atomic E-state index is 12.1. The molecule has 0 radical (unpaired) electrons. The van der Waals surface area contributed by atoms with Crippen LogP contribution in [0.1, 0.15) is 30.4 Å². The Kier molecular flexibility index (Phi) is 4.61. The number of nitrogens with one attached hydrogen (secondary N) is 1. The molecule has 1 saturated heterocycles. The molecule has 1 fully saturated rings. The van der Waals surface area contributed by atoms with E-state index in [0.29, 0.717) is 13.1 Å². The summed E-state index contributed by atoms with van der Waals surface area (Å²) in [5, 5.41) is 11.7. The Hall–Kier alpha value is -2.04. The average molecular weight is 276 g/mol. The molecule has 2 N–H and O–H groups in total. The van der Waals surface area contributed by atoms with Gasteiger partial charge in [-0.05, 0) is 25.3 Å². The molecule has 5 heteroatoms. The molecule has 1 aromatic rings. The van der Waals surface area contributed by atoms with E-state index in [-0.39, 0.29) is 18.5 Å². The quantitative estimate of drug-likeness (QED) is 0.885. The predicted octanol–water partition coefficient (Wildman–Crippen LogP) is 2.14. The smallest absolute Gasteiger partial charge is 0.317 e. The lowest BCUT2D eigenvalue weighted by Crippen LogP contribution is -2.43. The van der Waals surface area contributed by atoms with Crippen molar-refractivity contribution in [2.45, 2.75) is 38.8 Å². The van der Waals surface area contributed by atoms with Crippen LogP contribution >= 0.6 is 0 Å². The molecule has 1 heterocycles. The van der Waals surface area contributed by atoms with Crippen LogP contribution in [-0.4, -0.2) is 34.6 Å². The van der Waals surface area contributed by atoms with E-state index in [1.54, 1.807) is 4.90 Å². The summed E-state index contributed by atoms with van der Waals surface area (Å²) in [6, 6.07) is 7.62. The molecule has 1 atom stereocenters. The van der Waals surface area contributed by atoms with Crippen molar-refractivity contribution >= 4 is 12.0 Å². The molecular weight excluding hydrogens is 256 g/mol. The number of amides is 2. The van der Waals surface area contributed by atoms with Gasteiger partial charge in [0, 0.05) is 19.1 Å². The average Bonchev–Trinajstić information content (AvgIpc) is 2.85. The Balaban J connectivity index is 1.87. The molecule has 0 saturated carbocycles. The third kappa shape index (κ3) is 3.73. The Morgan fingerprint density at radius 3 is 2.70 bits per heavy atom. The van der Waals surface area contributed by atoms with Crippen molar-refractivity contribution in [2.75, 3.05) is 6.54 Å². The Bertz CT molecular complexity index is 484. The first-order valence-electron chi connectivity index (χ1n) is 6.88. The molecule has 2 rings (SSSR count). The van der Waals surface area contributed by atoms with Gasteiger partial charge in [0.15, 0.2) is 0 Å². The zero-order chi connectivity index (χ0) is 14.5. The zero-order valence-corrected chi connectivity index (χ0v) is 11.6. The molecule has 0 aliphatic carbocycles. The van der Waals surface area contributed by atoms with Crippen LogP contribution in [0.25, 0.3) is 0 Å². The molecule has 0 aromatic heterocycles. The molecule has 20 heavy (non-hydrogen) atoms. The fourth-order valence-electron chi connectivity index (χ4n) is 2.50. The van der Waals surface area contributed by atoms with E-state index >= 15 is 0 Å². The van der Waals surface area contributed by atoms with Crippen LogP contribution in [0.4, 0.5) is 4.79 Å². The number of aliphatic carboxylic acids is 1. The van der Waals surface area contributed by atoms with E-state index in [9.17, 15) is 9.59 Å². The number of benzene rings is 1. The number of nitrogens with zero attached hydrogens (tertiary/aromatic N) is 1. The number of carbonyl (C=O) groups is 2. The van der Waals surface area contributed by atoms with Crippen LogP contribution in [0.2, 0.25) is 0 Å². The summed E-state index contributed by atoms with van der Waals surface area (Å²) in [4.78, 5) is 24.5. The van der Waals surface area contributed by atoms with Crippen LogP contribution < -0.4 is 5.32 Å². The molecule has 0 bridgehead atoms. The van der Waals surface area contributed by atoms with Gasteiger partial charge < -0.3 is 15.3 Å². The van der Waals surface area contributed by atoms with E-state index < -0.39 is 5.97 Å². The van der Waals surface area contributed by atoms with Gasteiger partial charge in [-0.25, -0.2) is 4.79 Å². The molecule has 1 aliphatic rings. The summed E-state index contributed by atoms with van der Waals surface area (Å²) >= 11 is 0. The third-order valence-corrected chi connectivity index (χ3v) is 3.61. The maximum atomic E-state index is 12.1. The van der Waals surface area contributed by atoms with E-state index in [1.807, 2.05) is 31.2 Å². The lowest BCUT2D eigenvalue weighted by molar-refractivity contribution is -0.137. The highest BCUT2D eigenvalue weighted by molar-refractivity contribution is 5.76. The second kappa shape index (κ2) is 6.41. The summed E-state index contributed by atoms with van der Waals surface area (Å²) in [5.41, 5.74) is 2.22. The lowest BCUT2D eigenvalue weighted by Gasteiger charge is -2.23. The predicted molar refractivity (Wildman–Crippen MR) is 75.4 cm³/mol. The second-order valence-electron chi connectivity index (χ2n) is 5.23. The molecule has 108 valence electrons. The summed E-state index contributed by atoms with van der Waals surface area (Å²) in [7, 11) is 0. The molecule has 1 aromatic carbocycles. The van der Waals surface area contributed by atoms with Crippen molar-refractivity contribution in [2.24, 2.45) is 0 Å². The van der Waals surface area contributed by atoms with Crippen LogP contribution in [0.3, 0.4) is 0 Å². The van der Waals surface area contributed by atoms with Gasteiger partial charge in [-0.15, -0.1) is 0 Å². The van der Waals surface area contributed by atoms with Gasteiger partial charge in [0.2, 0.25) is 0 Å². The largest absolute Gasteiger partial charge is 0.481 e. The summed E-state index contributed by atoms with van der Waals surface area (Å²) in [6.45, 7) is 3.12. The highest BCUT2D eigenvalue weighted by Crippen LogP contribution is 2.20. The number of carboxylic acid groups (broad SMARTS) is 1. The standard InChI is InChI=1S/C15H20N2O3/c1-11-4-6-12(7-5-11)10-16-15(20)17-8-2-3-13(17)9-14(18)19/h4-7,13H,2-3,8-10H2,1H3,(H,16,20)(H,18,19). The highest BCUT2D eigenvalue weighted by atomic mass is 16.4. The van der Waals surface area contributed by atoms with Crippen molar-refractivity contribution in [3.63, 3.8) is 0 Å². The lowest BCUT2D eigenvalue weighted by atomic mass is 10.1. The zero-order valence-electron chi connectivity index (χ0n) is 11.6. The maximum Gasteiger partial charge on any atom is 0.317 e. The van der Waals surface area contributed by atoms with E-state index in [0.717, 1.165) is 18.4 Å². The molecule has 1 aliphatic heterocycles. The molecule has 5 nitrogen and oxygen atoms in total. The van der Waals surface area contributed by atoms with E-state index in [2.05, 4.69) is 5.32 Å². The molecule has 1 unspecified atom stereocenters. The summed E-state index contributed by atoms with van der Waals surface area (Å²) < 4.78 is 0. The van der Waals surface area contributed by atoms with Gasteiger partial charge in [0.25, 0.3) is 0 Å². The Morgan fingerprint density at radius 1 is 1.35 bits per heavy atom. The van der Waals surface area contributed by atoms with Crippen molar-refractivity contribution < 1.29 is 14.7 Å². The number of aryl methyl sites for hydroxylation is 1. The minimum Gasteiger partial charge on any atom is -0.481 e. The first-order chi connectivity index (χ1) is 9.56. The van der Waals surface area contributed by atoms with Gasteiger partial charge in [0.1, 0.15) is 0 Å². The van der Waals surface area contributed by atoms with Crippen molar-refractivity contribution in [1.82, 2.24) is 10.2 Å². The molecule has 0 spiro atoms. The minimum atomic E-state index is -0.853. The van der Waals surface area contributed by atoms with Crippen molar-refractivity contribution in [1.29, 1.82) is 0 Å². The van der Waals surface area contributed by atoms with E-state index in [1.165, 1.54) is 5.56 Å². The monoisotopic (exact) mass is 276 g/mol. The fourth-order valence-corrected chi connectivity index (χ4v) is 2.50. The molecule has 2 amide bonds. The first kappa shape index (κ1) is 14.4. The van der Waals surface area contributed by atoms with Gasteiger partial charge >= 0.3 is 12.0 Å². The van der Waals surface area contributed by atoms with Crippen molar-refractivity contribution in [3.8, 4) is 0 Å². The number of urea groups is 1. The van der Waals surface area contributed by atoms with Crippen LogP contribution in [-0.2, 0) is 11.3 Å². The van der Waals surface area contributed by atoms with E-state index in [4.69, 9.17) is 5.11 Å².